The Kier molecular flexibility index (Phi) is 3.48. The predicted molar refractivity (Wildman–Crippen MR) is 81.2 cm³/mol. The smallest absolute Gasteiger partial charge is 0.274 e. The summed E-state index contributed by atoms with van der Waals surface area (Å²) in [6.07, 6.45) is 0. The van der Waals surface area contributed by atoms with Crippen molar-refractivity contribution in [2.24, 2.45) is 0 Å². The number of ether oxygens (including phenoxy) is 2. The van der Waals surface area contributed by atoms with Gasteiger partial charge < -0.3 is 14.8 Å². The van der Waals surface area contributed by atoms with Crippen LogP contribution in [0.3, 0.4) is 0 Å². The van der Waals surface area contributed by atoms with E-state index in [4.69, 9.17) is 9.47 Å². The van der Waals surface area contributed by atoms with Crippen LogP contribution in [0.25, 0.3) is 0 Å². The average molecular weight is 302 g/mol. The van der Waals surface area contributed by atoms with E-state index in [2.05, 4.69) is 20.5 Å². The minimum absolute atomic E-state index is 0.226. The molecule has 0 fully saturated rings. The van der Waals surface area contributed by atoms with Crippen LogP contribution >= 0.6 is 0 Å². The third-order valence-corrected chi connectivity index (χ3v) is 3.30. The molecule has 7 nitrogen and oxygen atoms in total. The number of nitrogens with one attached hydrogen (secondary N) is 2. The van der Waals surface area contributed by atoms with Gasteiger partial charge in [0.25, 0.3) is 5.56 Å². The molecule has 3 rings (SSSR count). The van der Waals surface area contributed by atoms with Crippen molar-refractivity contribution in [2.45, 2.75) is 32.7 Å². The first kappa shape index (κ1) is 14.4. The fraction of sp³-hybridized carbons (Fsp3) is 0.400. The first-order valence-corrected chi connectivity index (χ1v) is 7.03. The summed E-state index contributed by atoms with van der Waals surface area (Å²) in [5, 5.41) is 11.1. The second kappa shape index (κ2) is 5.32. The van der Waals surface area contributed by atoms with E-state index in [1.807, 2.05) is 39.0 Å². The number of fused-ring (bicyclic) bond motifs is 1. The minimum atomic E-state index is -0.337. The van der Waals surface area contributed by atoms with Gasteiger partial charge in [0.2, 0.25) is 12.7 Å². The maximum absolute atomic E-state index is 12.0. The van der Waals surface area contributed by atoms with Gasteiger partial charge in [-0.2, -0.15) is 0 Å². The van der Waals surface area contributed by atoms with Gasteiger partial charge in [-0.1, -0.05) is 26.8 Å². The number of anilines is 1. The molecule has 1 aromatic carbocycles. The normalized spacial score (nSPS) is 13.2. The zero-order valence-corrected chi connectivity index (χ0v) is 12.8. The Morgan fingerprint density at radius 1 is 1.23 bits per heavy atom. The van der Waals surface area contributed by atoms with E-state index in [0.29, 0.717) is 18.2 Å². The van der Waals surface area contributed by atoms with Gasteiger partial charge in [0.05, 0.1) is 0 Å². The van der Waals surface area contributed by atoms with Crippen LogP contribution in [0.4, 0.5) is 5.95 Å². The molecule has 0 spiro atoms. The Morgan fingerprint density at radius 3 is 2.73 bits per heavy atom. The van der Waals surface area contributed by atoms with Gasteiger partial charge in [0.1, 0.15) is 5.69 Å². The fourth-order valence-corrected chi connectivity index (χ4v) is 2.14. The number of H-pyrrole nitrogens is 1. The number of hydrogen-bond acceptors (Lipinski definition) is 6. The highest BCUT2D eigenvalue weighted by molar-refractivity contribution is 5.45. The molecule has 116 valence electrons. The summed E-state index contributed by atoms with van der Waals surface area (Å²) in [5.41, 5.74) is 0.847. The molecule has 0 bridgehead atoms. The quantitative estimate of drug-likeness (QED) is 0.898. The van der Waals surface area contributed by atoms with Crippen LogP contribution in [0.5, 0.6) is 11.5 Å². The highest BCUT2D eigenvalue weighted by atomic mass is 16.7. The molecule has 22 heavy (non-hydrogen) atoms. The van der Waals surface area contributed by atoms with Crippen molar-refractivity contribution >= 4 is 5.95 Å². The van der Waals surface area contributed by atoms with Crippen molar-refractivity contribution in [1.82, 2.24) is 15.2 Å². The van der Waals surface area contributed by atoms with Crippen LogP contribution in [-0.4, -0.2) is 22.0 Å². The SMILES string of the molecule is CC(C)(C)c1nnc(NCc2ccc3c(c2)OCO3)[nH]c1=O. The van der Waals surface area contributed by atoms with Crippen LogP contribution in [-0.2, 0) is 12.0 Å². The maximum atomic E-state index is 12.0. The van der Waals surface area contributed by atoms with Crippen molar-refractivity contribution < 1.29 is 9.47 Å². The zero-order valence-electron chi connectivity index (χ0n) is 12.8. The predicted octanol–water partition coefficient (Wildman–Crippen LogP) is 1.80. The summed E-state index contributed by atoms with van der Waals surface area (Å²) < 4.78 is 10.6. The zero-order chi connectivity index (χ0) is 15.7. The van der Waals surface area contributed by atoms with E-state index in [1.54, 1.807) is 0 Å². The average Bonchev–Trinajstić information content (AvgIpc) is 2.91. The third-order valence-electron chi connectivity index (χ3n) is 3.30. The molecule has 0 amide bonds. The summed E-state index contributed by atoms with van der Waals surface area (Å²) in [6, 6.07) is 5.68. The van der Waals surface area contributed by atoms with E-state index in [0.717, 1.165) is 17.1 Å². The number of aromatic amines is 1. The van der Waals surface area contributed by atoms with Gasteiger partial charge in [-0.05, 0) is 17.7 Å². The molecule has 1 aromatic heterocycles. The molecular formula is C15H18N4O3. The monoisotopic (exact) mass is 302 g/mol. The van der Waals surface area contributed by atoms with Gasteiger partial charge in [-0.15, -0.1) is 10.2 Å². The number of hydrogen-bond donors (Lipinski definition) is 2. The lowest BCUT2D eigenvalue weighted by atomic mass is 9.93. The van der Waals surface area contributed by atoms with Crippen molar-refractivity contribution in [3.8, 4) is 11.5 Å². The van der Waals surface area contributed by atoms with Crippen LogP contribution in [0.2, 0.25) is 0 Å². The summed E-state index contributed by atoms with van der Waals surface area (Å²) in [6.45, 7) is 6.51. The number of nitrogens with zero attached hydrogens (tertiary/aromatic N) is 2. The molecule has 0 unspecified atom stereocenters. The maximum Gasteiger partial charge on any atom is 0.274 e. The lowest BCUT2D eigenvalue weighted by Crippen LogP contribution is -2.28. The van der Waals surface area contributed by atoms with Gasteiger partial charge in [-0.3, -0.25) is 9.78 Å². The summed E-state index contributed by atoms with van der Waals surface area (Å²) in [7, 11) is 0. The molecule has 0 saturated carbocycles. The molecular weight excluding hydrogens is 284 g/mol. The van der Waals surface area contributed by atoms with Gasteiger partial charge in [-0.25, -0.2) is 0 Å². The molecule has 2 aromatic rings. The Bertz CT molecular complexity index is 749. The minimum Gasteiger partial charge on any atom is -0.454 e. The van der Waals surface area contributed by atoms with E-state index >= 15 is 0 Å². The van der Waals surface area contributed by atoms with Crippen LogP contribution in [0, 0.1) is 0 Å². The molecule has 1 aliphatic heterocycles. The highest BCUT2D eigenvalue weighted by Gasteiger charge is 2.20. The van der Waals surface area contributed by atoms with Gasteiger partial charge >= 0.3 is 0 Å². The summed E-state index contributed by atoms with van der Waals surface area (Å²) >= 11 is 0. The largest absolute Gasteiger partial charge is 0.454 e. The molecule has 0 radical (unpaired) electrons. The Hall–Kier alpha value is -2.57. The first-order valence-electron chi connectivity index (χ1n) is 7.03. The molecule has 0 saturated heterocycles. The van der Waals surface area contributed by atoms with E-state index in [9.17, 15) is 4.79 Å². The highest BCUT2D eigenvalue weighted by Crippen LogP contribution is 2.32. The molecule has 2 N–H and O–H groups in total. The molecule has 0 aliphatic carbocycles. The Labute approximate surface area is 127 Å². The van der Waals surface area contributed by atoms with E-state index in [1.165, 1.54) is 0 Å². The van der Waals surface area contributed by atoms with Crippen molar-refractivity contribution in [3.63, 3.8) is 0 Å². The number of rotatable bonds is 3. The van der Waals surface area contributed by atoms with Crippen LogP contribution < -0.4 is 20.3 Å². The number of benzene rings is 1. The molecule has 1 aliphatic rings. The van der Waals surface area contributed by atoms with Crippen LogP contribution in [0.1, 0.15) is 32.0 Å². The summed E-state index contributed by atoms with van der Waals surface area (Å²) in [4.78, 5) is 14.7. The lowest BCUT2D eigenvalue weighted by Gasteiger charge is -2.15. The molecule has 0 atom stereocenters. The fourth-order valence-electron chi connectivity index (χ4n) is 2.14. The van der Waals surface area contributed by atoms with E-state index in [-0.39, 0.29) is 17.8 Å². The topological polar surface area (TPSA) is 89.1 Å². The van der Waals surface area contributed by atoms with Crippen LogP contribution in [0.15, 0.2) is 23.0 Å². The van der Waals surface area contributed by atoms with Gasteiger partial charge in [0, 0.05) is 12.0 Å². The number of aromatic nitrogens is 3. The van der Waals surface area contributed by atoms with E-state index < -0.39 is 0 Å². The Balaban J connectivity index is 1.72. The molecule has 2 heterocycles. The second-order valence-electron chi connectivity index (χ2n) is 6.14. The van der Waals surface area contributed by atoms with Crippen molar-refractivity contribution in [3.05, 3.63) is 39.8 Å². The molecule has 7 heteroatoms. The Morgan fingerprint density at radius 2 is 2.00 bits per heavy atom. The van der Waals surface area contributed by atoms with Gasteiger partial charge in [0.15, 0.2) is 11.5 Å². The first-order chi connectivity index (χ1) is 10.4. The third kappa shape index (κ3) is 2.88. The van der Waals surface area contributed by atoms with Crippen molar-refractivity contribution in [1.29, 1.82) is 0 Å². The second-order valence-corrected chi connectivity index (χ2v) is 6.14. The lowest BCUT2D eigenvalue weighted by molar-refractivity contribution is 0.174. The summed E-state index contributed by atoms with van der Waals surface area (Å²) in [5.74, 6) is 1.81. The van der Waals surface area contributed by atoms with Crippen molar-refractivity contribution in [2.75, 3.05) is 12.1 Å². The standard InChI is InChI=1S/C15H18N4O3/c1-15(2,3)12-13(20)17-14(19-18-12)16-7-9-4-5-10-11(6-9)22-8-21-10/h4-6H,7-8H2,1-3H3,(H2,16,17,19,20).